The molecule has 1 spiro atoms. The molecule has 3 aliphatic heterocycles. The lowest BCUT2D eigenvalue weighted by atomic mass is 9.62. The lowest BCUT2D eigenvalue weighted by Gasteiger charge is -2.38. The summed E-state index contributed by atoms with van der Waals surface area (Å²) >= 11 is 3.44. The molecule has 1 N–H and O–H groups in total. The van der Waals surface area contributed by atoms with Gasteiger partial charge < -0.3 is 15.0 Å². The first-order valence-electron chi connectivity index (χ1n) is 13.9. The molecular formula is C35H25BrN2O5. The Hall–Kier alpha value is -4.82. The number of para-hydroxylation sites is 1. The first kappa shape index (κ1) is 27.0. The maximum Gasteiger partial charge on any atom is 0.308 e. The minimum Gasteiger partial charge on any atom is -0.427 e. The van der Waals surface area contributed by atoms with Crippen LogP contribution in [0.25, 0.3) is 6.08 Å². The van der Waals surface area contributed by atoms with Crippen LogP contribution in [-0.2, 0) is 15.0 Å². The number of hydrogen-bond donors (Lipinski definition) is 1. The number of esters is 1. The van der Waals surface area contributed by atoms with E-state index in [-0.39, 0.29) is 17.5 Å². The Balaban J connectivity index is 1.48. The number of benzene rings is 4. The standard InChI is InChI=1S/C35H25BrN2O5/c1-20(39)43-25-16-12-23(13-17-25)32(41)30-29(31(40)22-10-14-24(36)15-11-22)35(27-8-4-5-9-28(27)37-34(35)42)33-26-7-3-2-6-21(26)18-19-38(30)33/h2-19,29-30,33H,1H3,(H,37,42)/t29-,30+,33+,35+/m1/s1. The Morgan fingerprint density at radius 3 is 2.23 bits per heavy atom. The van der Waals surface area contributed by atoms with Gasteiger partial charge in [0.05, 0.1) is 12.0 Å². The molecule has 3 heterocycles. The molecule has 43 heavy (non-hydrogen) atoms. The van der Waals surface area contributed by atoms with Crippen molar-refractivity contribution < 1.29 is 23.9 Å². The van der Waals surface area contributed by atoms with Crippen molar-refractivity contribution in [2.75, 3.05) is 5.32 Å². The minimum absolute atomic E-state index is 0.297. The Bertz CT molecular complexity index is 1850. The molecule has 0 saturated carbocycles. The maximum absolute atomic E-state index is 14.8. The number of nitrogens with zero attached hydrogens (tertiary/aromatic N) is 1. The van der Waals surface area contributed by atoms with Crippen LogP contribution >= 0.6 is 15.9 Å². The number of rotatable bonds is 5. The zero-order chi connectivity index (χ0) is 29.9. The van der Waals surface area contributed by atoms with Crippen LogP contribution in [0, 0.1) is 5.92 Å². The number of halogens is 1. The van der Waals surface area contributed by atoms with E-state index >= 15 is 0 Å². The van der Waals surface area contributed by atoms with Gasteiger partial charge in [0.2, 0.25) is 5.91 Å². The van der Waals surface area contributed by atoms with Crippen LogP contribution in [0.1, 0.15) is 50.4 Å². The predicted molar refractivity (Wildman–Crippen MR) is 165 cm³/mol. The molecule has 8 heteroatoms. The summed E-state index contributed by atoms with van der Waals surface area (Å²) in [4.78, 5) is 57.3. The third kappa shape index (κ3) is 4.08. The highest BCUT2D eigenvalue weighted by atomic mass is 79.9. The van der Waals surface area contributed by atoms with E-state index in [2.05, 4.69) is 21.2 Å². The fourth-order valence-electron chi connectivity index (χ4n) is 6.99. The molecule has 4 atom stereocenters. The normalized spacial score (nSPS) is 22.9. The van der Waals surface area contributed by atoms with Crippen molar-refractivity contribution in [1.29, 1.82) is 0 Å². The zero-order valence-electron chi connectivity index (χ0n) is 23.0. The second kappa shape index (κ2) is 10.2. The molecule has 3 aliphatic rings. The molecule has 7 rings (SSSR count). The molecule has 0 aromatic heterocycles. The summed E-state index contributed by atoms with van der Waals surface area (Å²) in [6.07, 6.45) is 3.77. The highest BCUT2D eigenvalue weighted by Crippen LogP contribution is 2.62. The molecule has 0 unspecified atom stereocenters. The Labute approximate surface area is 256 Å². The number of nitrogens with one attached hydrogen (secondary N) is 1. The average molecular weight is 633 g/mol. The van der Waals surface area contributed by atoms with Crippen molar-refractivity contribution >= 4 is 51.1 Å². The number of anilines is 1. The van der Waals surface area contributed by atoms with Gasteiger partial charge in [-0.05, 0) is 65.2 Å². The molecule has 0 radical (unpaired) electrons. The van der Waals surface area contributed by atoms with Gasteiger partial charge in [-0.2, -0.15) is 0 Å². The van der Waals surface area contributed by atoms with Gasteiger partial charge >= 0.3 is 5.97 Å². The predicted octanol–water partition coefficient (Wildman–Crippen LogP) is 6.36. The number of fused-ring (bicyclic) bond motifs is 6. The van der Waals surface area contributed by atoms with Gasteiger partial charge in [0.15, 0.2) is 11.6 Å². The second-order valence-electron chi connectivity index (χ2n) is 10.9. The lowest BCUT2D eigenvalue weighted by Crippen LogP contribution is -2.49. The number of carbonyl (C=O) groups excluding carboxylic acids is 4. The van der Waals surface area contributed by atoms with E-state index in [9.17, 15) is 19.2 Å². The van der Waals surface area contributed by atoms with Gasteiger partial charge in [-0.1, -0.05) is 70.5 Å². The topological polar surface area (TPSA) is 92.8 Å². The van der Waals surface area contributed by atoms with E-state index in [1.54, 1.807) is 48.5 Å². The van der Waals surface area contributed by atoms with Gasteiger partial charge in [0.25, 0.3) is 0 Å². The van der Waals surface area contributed by atoms with Crippen LogP contribution in [0.2, 0.25) is 0 Å². The Morgan fingerprint density at radius 2 is 1.49 bits per heavy atom. The number of Topliss-reactive ketones (excluding diaryl/α,β-unsaturated/α-hetero) is 2. The van der Waals surface area contributed by atoms with E-state index in [1.807, 2.05) is 65.7 Å². The Morgan fingerprint density at radius 1 is 0.837 bits per heavy atom. The van der Waals surface area contributed by atoms with Crippen molar-refractivity contribution in [3.05, 3.63) is 136 Å². The van der Waals surface area contributed by atoms with Crippen LogP contribution in [0.15, 0.2) is 108 Å². The first-order chi connectivity index (χ1) is 20.8. The van der Waals surface area contributed by atoms with Crippen molar-refractivity contribution in [2.45, 2.75) is 24.4 Å². The monoisotopic (exact) mass is 632 g/mol. The molecule has 0 aliphatic carbocycles. The molecule has 212 valence electrons. The van der Waals surface area contributed by atoms with Crippen LogP contribution in [-0.4, -0.2) is 34.4 Å². The molecule has 7 nitrogen and oxygen atoms in total. The summed E-state index contributed by atoms with van der Waals surface area (Å²) < 4.78 is 5.98. The molecule has 1 saturated heterocycles. The van der Waals surface area contributed by atoms with Gasteiger partial charge in [-0.25, -0.2) is 0 Å². The van der Waals surface area contributed by atoms with Crippen LogP contribution < -0.4 is 10.1 Å². The van der Waals surface area contributed by atoms with Crippen molar-refractivity contribution in [3.8, 4) is 5.75 Å². The van der Waals surface area contributed by atoms with Crippen LogP contribution in [0.5, 0.6) is 5.75 Å². The van der Waals surface area contributed by atoms with Gasteiger partial charge in [0.1, 0.15) is 17.2 Å². The summed E-state index contributed by atoms with van der Waals surface area (Å²) in [5.74, 6) is -2.16. The summed E-state index contributed by atoms with van der Waals surface area (Å²) in [7, 11) is 0. The summed E-state index contributed by atoms with van der Waals surface area (Å²) in [6, 6.07) is 26.9. The SMILES string of the molecule is CC(=O)Oc1ccc(C(=O)[C@@H]2[C@H](C(=O)c3ccc(Br)cc3)[C@]3(C(=O)Nc4ccccc43)[C@@H]3c4ccccc4C=CN23)cc1. The van der Waals surface area contributed by atoms with Crippen molar-refractivity contribution in [2.24, 2.45) is 5.92 Å². The van der Waals surface area contributed by atoms with Crippen molar-refractivity contribution in [1.82, 2.24) is 4.90 Å². The van der Waals surface area contributed by atoms with Gasteiger partial charge in [-0.3, -0.25) is 19.2 Å². The zero-order valence-corrected chi connectivity index (χ0v) is 24.6. The van der Waals surface area contributed by atoms with E-state index in [1.165, 1.54) is 6.92 Å². The van der Waals surface area contributed by atoms with Crippen molar-refractivity contribution in [3.63, 3.8) is 0 Å². The van der Waals surface area contributed by atoms with Gasteiger partial charge in [-0.15, -0.1) is 0 Å². The van der Waals surface area contributed by atoms with E-state index in [0.717, 1.165) is 15.6 Å². The first-order valence-corrected chi connectivity index (χ1v) is 14.7. The van der Waals surface area contributed by atoms with Gasteiger partial charge in [0, 0.05) is 34.4 Å². The Kier molecular flexibility index (Phi) is 6.39. The third-order valence-corrected chi connectivity index (χ3v) is 9.18. The molecule has 4 aromatic rings. The molecule has 1 fully saturated rings. The second-order valence-corrected chi connectivity index (χ2v) is 11.9. The highest BCUT2D eigenvalue weighted by Gasteiger charge is 2.70. The fraction of sp³-hybridized carbons (Fsp3) is 0.143. The molecular weight excluding hydrogens is 608 g/mol. The minimum atomic E-state index is -1.40. The van der Waals surface area contributed by atoms with Crippen LogP contribution in [0.4, 0.5) is 5.69 Å². The van der Waals surface area contributed by atoms with E-state index in [0.29, 0.717) is 28.1 Å². The number of ketones is 2. The largest absolute Gasteiger partial charge is 0.427 e. The molecule has 1 amide bonds. The smallest absolute Gasteiger partial charge is 0.308 e. The summed E-state index contributed by atoms with van der Waals surface area (Å²) in [5, 5.41) is 3.06. The average Bonchev–Trinajstić information content (AvgIpc) is 3.49. The summed E-state index contributed by atoms with van der Waals surface area (Å²) in [5.41, 5.74) is 2.46. The van der Waals surface area contributed by atoms with E-state index in [4.69, 9.17) is 4.74 Å². The van der Waals surface area contributed by atoms with E-state index < -0.39 is 29.4 Å². The number of amides is 1. The third-order valence-electron chi connectivity index (χ3n) is 8.65. The molecule has 4 aromatic carbocycles. The quantitative estimate of drug-likeness (QED) is 0.156. The summed E-state index contributed by atoms with van der Waals surface area (Å²) in [6.45, 7) is 1.31. The highest BCUT2D eigenvalue weighted by molar-refractivity contribution is 9.10. The molecule has 0 bridgehead atoms. The lowest BCUT2D eigenvalue weighted by molar-refractivity contribution is -0.131. The number of carbonyl (C=O) groups is 4. The number of ether oxygens (including phenoxy) is 1. The maximum atomic E-state index is 14.8. The van der Waals surface area contributed by atoms with Crippen LogP contribution in [0.3, 0.4) is 0 Å². The fourth-order valence-corrected chi connectivity index (χ4v) is 7.25. The number of hydrogen-bond acceptors (Lipinski definition) is 6.